The van der Waals surface area contributed by atoms with E-state index in [1.165, 1.54) is 7.11 Å². The topological polar surface area (TPSA) is 26.3 Å². The van der Waals surface area contributed by atoms with Crippen molar-refractivity contribution in [3.05, 3.63) is 0 Å². The minimum atomic E-state index is 0. The molecule has 66 valence electrons. The van der Waals surface area contributed by atoms with Gasteiger partial charge in [0, 0.05) is 13.5 Å². The van der Waals surface area contributed by atoms with E-state index in [0.717, 1.165) is 0 Å². The van der Waals surface area contributed by atoms with Crippen molar-refractivity contribution in [3.8, 4) is 0 Å². The molecule has 0 aliphatic heterocycles. The molecule has 0 unspecified atom stereocenters. The van der Waals surface area contributed by atoms with E-state index in [1.807, 2.05) is 6.92 Å². The second kappa shape index (κ2) is 15.9. The molecular formula is C8H22O2. The van der Waals surface area contributed by atoms with Gasteiger partial charge < -0.3 is 4.74 Å². The first-order chi connectivity index (χ1) is 3.31. The van der Waals surface area contributed by atoms with E-state index in [2.05, 4.69) is 4.74 Å². The van der Waals surface area contributed by atoms with Crippen molar-refractivity contribution in [1.82, 2.24) is 0 Å². The van der Waals surface area contributed by atoms with Crippen molar-refractivity contribution < 1.29 is 9.53 Å². The van der Waals surface area contributed by atoms with E-state index in [4.69, 9.17) is 0 Å². The van der Waals surface area contributed by atoms with Crippen molar-refractivity contribution >= 4 is 5.78 Å². The highest BCUT2D eigenvalue weighted by Gasteiger charge is 1.91. The summed E-state index contributed by atoms with van der Waals surface area (Å²) in [7, 11) is 1.52. The maximum absolute atomic E-state index is 10.3. The predicted octanol–water partition coefficient (Wildman–Crippen LogP) is 2.52. The lowest BCUT2D eigenvalue weighted by atomic mass is 10.3. The van der Waals surface area contributed by atoms with Gasteiger partial charge in [-0.05, 0) is 0 Å². The lowest BCUT2D eigenvalue weighted by Crippen LogP contribution is -2.03. The molecule has 0 saturated heterocycles. The smallest absolute Gasteiger partial charge is 0.158 e. The van der Waals surface area contributed by atoms with Gasteiger partial charge in [0.25, 0.3) is 0 Å². The second-order valence-corrected chi connectivity index (χ2v) is 1.33. The van der Waals surface area contributed by atoms with Crippen molar-refractivity contribution in [2.75, 3.05) is 13.7 Å². The summed E-state index contributed by atoms with van der Waals surface area (Å²) in [5.41, 5.74) is 0. The molecule has 0 amide bonds. The largest absolute Gasteiger partial charge is 0.377 e. The Bertz CT molecular complexity index is 60.3. The quantitative estimate of drug-likeness (QED) is 0.618. The van der Waals surface area contributed by atoms with Crippen LogP contribution in [0.1, 0.15) is 35.6 Å². The highest BCUT2D eigenvalue weighted by molar-refractivity contribution is 5.79. The van der Waals surface area contributed by atoms with Gasteiger partial charge in [-0.1, -0.05) is 29.2 Å². The zero-order valence-corrected chi connectivity index (χ0v) is 4.73. The molecule has 0 aliphatic rings. The highest BCUT2D eigenvalue weighted by Crippen LogP contribution is 1.78. The van der Waals surface area contributed by atoms with Crippen molar-refractivity contribution in [2.24, 2.45) is 0 Å². The molecule has 0 heterocycles. The Morgan fingerprint density at radius 3 is 1.80 bits per heavy atom. The SMILES string of the molecule is C.C.C.CCC(=O)COC. The first-order valence-corrected chi connectivity index (χ1v) is 2.32. The van der Waals surface area contributed by atoms with Crippen LogP contribution in [0.25, 0.3) is 0 Å². The lowest BCUT2D eigenvalue weighted by Gasteiger charge is -1.89. The average molecular weight is 150 g/mol. The second-order valence-electron chi connectivity index (χ2n) is 1.33. The Morgan fingerprint density at radius 2 is 1.70 bits per heavy atom. The van der Waals surface area contributed by atoms with Crippen molar-refractivity contribution in [3.63, 3.8) is 0 Å². The van der Waals surface area contributed by atoms with Crippen LogP contribution in [0.4, 0.5) is 0 Å². The summed E-state index contributed by atoms with van der Waals surface area (Å²) >= 11 is 0. The fourth-order valence-corrected chi connectivity index (χ4v) is 0.263. The molecule has 0 saturated carbocycles. The molecule has 0 spiro atoms. The molecule has 0 fully saturated rings. The van der Waals surface area contributed by atoms with Gasteiger partial charge in [0.2, 0.25) is 0 Å². The first-order valence-electron chi connectivity index (χ1n) is 2.32. The Labute approximate surface area is 65.6 Å². The maximum Gasteiger partial charge on any atom is 0.158 e. The Hall–Kier alpha value is -0.370. The molecule has 10 heavy (non-hydrogen) atoms. The van der Waals surface area contributed by atoms with Gasteiger partial charge in [-0.3, -0.25) is 4.79 Å². The molecule has 0 aromatic carbocycles. The molecule has 0 rings (SSSR count). The molecule has 0 aliphatic carbocycles. The highest BCUT2D eigenvalue weighted by atomic mass is 16.5. The first kappa shape index (κ1) is 22.6. The van der Waals surface area contributed by atoms with E-state index >= 15 is 0 Å². The molecule has 2 heteroatoms. The third-order valence-electron chi connectivity index (χ3n) is 0.700. The predicted molar refractivity (Wildman–Crippen MR) is 47.4 cm³/mol. The van der Waals surface area contributed by atoms with E-state index < -0.39 is 0 Å². The van der Waals surface area contributed by atoms with Crippen molar-refractivity contribution in [1.29, 1.82) is 0 Å². The molecule has 0 aromatic rings. The van der Waals surface area contributed by atoms with Gasteiger partial charge in [0.05, 0.1) is 0 Å². The number of ether oxygens (including phenoxy) is 1. The van der Waals surface area contributed by atoms with Crippen LogP contribution in [0, 0.1) is 0 Å². The number of methoxy groups -OCH3 is 1. The monoisotopic (exact) mass is 150 g/mol. The van der Waals surface area contributed by atoms with Crippen LogP contribution >= 0.6 is 0 Å². The number of Topliss-reactive ketones (excluding diaryl/α,β-unsaturated/α-hetero) is 1. The zero-order valence-electron chi connectivity index (χ0n) is 4.73. The summed E-state index contributed by atoms with van der Waals surface area (Å²) in [5, 5.41) is 0. The normalized spacial score (nSPS) is 6.20. The minimum Gasteiger partial charge on any atom is -0.377 e. The number of hydrogen-bond donors (Lipinski definition) is 0. The third-order valence-corrected chi connectivity index (χ3v) is 0.700. The van der Waals surface area contributed by atoms with Gasteiger partial charge >= 0.3 is 0 Å². The van der Waals surface area contributed by atoms with Crippen LogP contribution in [0.3, 0.4) is 0 Å². The van der Waals surface area contributed by atoms with Gasteiger partial charge in [-0.2, -0.15) is 0 Å². The fourth-order valence-electron chi connectivity index (χ4n) is 0.263. The lowest BCUT2D eigenvalue weighted by molar-refractivity contribution is -0.122. The van der Waals surface area contributed by atoms with E-state index in [-0.39, 0.29) is 34.7 Å². The number of hydrogen-bond acceptors (Lipinski definition) is 2. The number of carbonyl (C=O) groups excluding carboxylic acids is 1. The average Bonchev–Trinajstić information content (AvgIpc) is 1.68. The summed E-state index contributed by atoms with van der Waals surface area (Å²) < 4.78 is 4.54. The number of carbonyl (C=O) groups is 1. The number of ketones is 1. The van der Waals surface area contributed by atoms with E-state index in [0.29, 0.717) is 6.42 Å². The molecule has 2 nitrogen and oxygen atoms in total. The maximum atomic E-state index is 10.3. The van der Waals surface area contributed by atoms with Crippen LogP contribution in [0.2, 0.25) is 0 Å². The minimum absolute atomic E-state index is 0. The summed E-state index contributed by atoms with van der Waals surface area (Å²) in [6.45, 7) is 2.08. The van der Waals surface area contributed by atoms with E-state index in [1.54, 1.807) is 0 Å². The summed E-state index contributed by atoms with van der Waals surface area (Å²) in [5.74, 6) is 0.155. The standard InChI is InChI=1S/C5H10O2.3CH4/c1-3-5(6)4-7-2;;;/h3-4H2,1-2H3;3*1H4. The third kappa shape index (κ3) is 15.6. The fraction of sp³-hybridized carbons (Fsp3) is 0.875. The van der Waals surface area contributed by atoms with E-state index in [9.17, 15) is 4.79 Å². The molecular weight excluding hydrogens is 128 g/mol. The van der Waals surface area contributed by atoms with Gasteiger partial charge in [-0.25, -0.2) is 0 Å². The van der Waals surface area contributed by atoms with Gasteiger partial charge in [0.1, 0.15) is 6.61 Å². The molecule has 0 radical (unpaired) electrons. The van der Waals surface area contributed by atoms with Crippen molar-refractivity contribution in [2.45, 2.75) is 35.6 Å². The summed E-state index contributed by atoms with van der Waals surface area (Å²) in [4.78, 5) is 10.3. The van der Waals surface area contributed by atoms with Crippen LogP contribution in [-0.2, 0) is 9.53 Å². The Balaban J connectivity index is -0.0000000600. The Morgan fingerprint density at radius 1 is 1.30 bits per heavy atom. The Kier molecular flexibility index (Phi) is 35.9. The molecule has 0 bridgehead atoms. The van der Waals surface area contributed by atoms with Crippen LogP contribution in [-0.4, -0.2) is 19.5 Å². The molecule has 0 atom stereocenters. The number of rotatable bonds is 3. The summed E-state index contributed by atoms with van der Waals surface area (Å²) in [6, 6.07) is 0. The van der Waals surface area contributed by atoms with Crippen LogP contribution < -0.4 is 0 Å². The summed E-state index contributed by atoms with van der Waals surface area (Å²) in [6.07, 6.45) is 0.577. The van der Waals surface area contributed by atoms with Gasteiger partial charge in [0.15, 0.2) is 5.78 Å². The van der Waals surface area contributed by atoms with Crippen LogP contribution in [0.15, 0.2) is 0 Å². The molecule has 0 aromatic heterocycles. The van der Waals surface area contributed by atoms with Crippen LogP contribution in [0.5, 0.6) is 0 Å². The van der Waals surface area contributed by atoms with Gasteiger partial charge in [-0.15, -0.1) is 0 Å². The molecule has 0 N–H and O–H groups in total. The zero-order chi connectivity index (χ0) is 5.70.